The number of aromatic nitrogens is 2. The zero-order valence-corrected chi connectivity index (χ0v) is 11.7. The molecule has 0 spiro atoms. The lowest BCUT2D eigenvalue weighted by Gasteiger charge is -2.16. The van der Waals surface area contributed by atoms with E-state index in [1.165, 1.54) is 11.3 Å². The number of anilines is 1. The Kier molecular flexibility index (Phi) is 4.47. The zero-order chi connectivity index (χ0) is 13.7. The molecule has 1 atom stereocenters. The number of benzene rings is 1. The summed E-state index contributed by atoms with van der Waals surface area (Å²) in [5.74, 6) is 0. The Morgan fingerprint density at radius 1 is 1.16 bits per heavy atom. The molecule has 1 unspecified atom stereocenters. The molecule has 100 valence electrons. The molecule has 1 N–H and O–H groups in total. The van der Waals surface area contributed by atoms with Crippen molar-refractivity contribution in [3.05, 3.63) is 54.1 Å². The van der Waals surface area contributed by atoms with Crippen LogP contribution in [0.2, 0.25) is 0 Å². The van der Waals surface area contributed by atoms with E-state index in [2.05, 4.69) is 51.4 Å². The molecular weight excluding hydrogens is 236 g/mol. The van der Waals surface area contributed by atoms with Crippen molar-refractivity contribution in [2.45, 2.75) is 19.5 Å². The molecule has 0 aliphatic rings. The Labute approximate surface area is 114 Å². The van der Waals surface area contributed by atoms with Crippen LogP contribution in [0.25, 0.3) is 0 Å². The van der Waals surface area contributed by atoms with E-state index in [0.717, 1.165) is 12.2 Å². The Hall–Kier alpha value is -1.94. The van der Waals surface area contributed by atoms with E-state index in [9.17, 15) is 0 Å². The molecule has 0 saturated carbocycles. The van der Waals surface area contributed by atoms with Crippen molar-refractivity contribution in [1.29, 1.82) is 0 Å². The number of nitrogens with zero attached hydrogens (tertiary/aromatic N) is 3. The van der Waals surface area contributed by atoms with Gasteiger partial charge in [0.2, 0.25) is 0 Å². The summed E-state index contributed by atoms with van der Waals surface area (Å²) in [6.07, 6.45) is 3.34. The third-order valence-corrected chi connectivity index (χ3v) is 3.14. The predicted octanol–water partition coefficient (Wildman–Crippen LogP) is 2.39. The third kappa shape index (κ3) is 3.76. The molecule has 0 fully saturated rings. The van der Waals surface area contributed by atoms with Gasteiger partial charge in [0.25, 0.3) is 0 Å². The minimum atomic E-state index is 0.297. The molecule has 2 rings (SSSR count). The van der Waals surface area contributed by atoms with Gasteiger partial charge in [-0.3, -0.25) is 0 Å². The summed E-state index contributed by atoms with van der Waals surface area (Å²) < 4.78 is 0. The molecule has 4 nitrogen and oxygen atoms in total. The Bertz CT molecular complexity index is 493. The van der Waals surface area contributed by atoms with Crippen LogP contribution in [-0.2, 0) is 6.54 Å². The second-order valence-corrected chi connectivity index (χ2v) is 4.79. The quantitative estimate of drug-likeness (QED) is 0.892. The molecule has 0 aliphatic carbocycles. The maximum Gasteiger partial charge on any atom is 0.115 e. The summed E-state index contributed by atoms with van der Waals surface area (Å²) in [5.41, 5.74) is 3.50. The third-order valence-electron chi connectivity index (χ3n) is 3.14. The van der Waals surface area contributed by atoms with Crippen molar-refractivity contribution in [3.63, 3.8) is 0 Å². The average Bonchev–Trinajstić information content (AvgIpc) is 2.46. The van der Waals surface area contributed by atoms with Gasteiger partial charge >= 0.3 is 0 Å². The monoisotopic (exact) mass is 256 g/mol. The Balaban J connectivity index is 1.94. The number of hydrogen-bond acceptors (Lipinski definition) is 4. The minimum Gasteiger partial charge on any atom is -0.378 e. The van der Waals surface area contributed by atoms with Crippen LogP contribution in [0.4, 0.5) is 5.69 Å². The van der Waals surface area contributed by atoms with E-state index in [-0.39, 0.29) is 0 Å². The molecule has 1 aromatic carbocycles. The van der Waals surface area contributed by atoms with Gasteiger partial charge in [0, 0.05) is 38.6 Å². The fourth-order valence-corrected chi connectivity index (χ4v) is 1.86. The highest BCUT2D eigenvalue weighted by Gasteiger charge is 2.05. The lowest BCUT2D eigenvalue weighted by molar-refractivity contribution is 0.567. The van der Waals surface area contributed by atoms with E-state index >= 15 is 0 Å². The van der Waals surface area contributed by atoms with Crippen LogP contribution in [-0.4, -0.2) is 24.1 Å². The summed E-state index contributed by atoms with van der Waals surface area (Å²) in [6, 6.07) is 10.8. The van der Waals surface area contributed by atoms with Crippen molar-refractivity contribution >= 4 is 5.69 Å². The first kappa shape index (κ1) is 13.5. The van der Waals surface area contributed by atoms with Gasteiger partial charge < -0.3 is 10.2 Å². The van der Waals surface area contributed by atoms with E-state index in [1.54, 1.807) is 12.5 Å². The van der Waals surface area contributed by atoms with Gasteiger partial charge in [0.1, 0.15) is 6.33 Å². The number of hydrogen-bond donors (Lipinski definition) is 1. The van der Waals surface area contributed by atoms with E-state index in [0.29, 0.717) is 6.04 Å². The number of rotatable bonds is 5. The smallest absolute Gasteiger partial charge is 0.115 e. The normalized spacial score (nSPS) is 12.2. The predicted molar refractivity (Wildman–Crippen MR) is 78.1 cm³/mol. The first-order valence-corrected chi connectivity index (χ1v) is 6.42. The maximum absolute atomic E-state index is 4.20. The molecule has 0 bridgehead atoms. The topological polar surface area (TPSA) is 41.1 Å². The number of nitrogens with one attached hydrogen (secondary N) is 1. The first-order chi connectivity index (χ1) is 9.16. The van der Waals surface area contributed by atoms with Crippen LogP contribution < -0.4 is 10.2 Å². The van der Waals surface area contributed by atoms with Gasteiger partial charge in [-0.2, -0.15) is 0 Å². The van der Waals surface area contributed by atoms with Gasteiger partial charge in [-0.15, -0.1) is 0 Å². The molecule has 0 radical (unpaired) electrons. The van der Waals surface area contributed by atoms with Crippen LogP contribution in [0.5, 0.6) is 0 Å². The summed E-state index contributed by atoms with van der Waals surface area (Å²) in [5, 5.41) is 3.46. The SMILES string of the molecule is CC(NCc1ccncn1)c1ccc(N(C)C)cc1. The molecule has 0 aliphatic heterocycles. The van der Waals surface area contributed by atoms with Crippen molar-refractivity contribution in [2.75, 3.05) is 19.0 Å². The molecule has 1 heterocycles. The summed E-state index contributed by atoms with van der Waals surface area (Å²) in [6.45, 7) is 2.91. The summed E-state index contributed by atoms with van der Waals surface area (Å²) in [4.78, 5) is 10.2. The highest BCUT2D eigenvalue weighted by atomic mass is 15.1. The van der Waals surface area contributed by atoms with E-state index in [4.69, 9.17) is 0 Å². The van der Waals surface area contributed by atoms with Crippen molar-refractivity contribution in [3.8, 4) is 0 Å². The van der Waals surface area contributed by atoms with Gasteiger partial charge in [-0.05, 0) is 30.7 Å². The minimum absolute atomic E-state index is 0.297. The fraction of sp³-hybridized carbons (Fsp3) is 0.333. The molecule has 0 amide bonds. The van der Waals surface area contributed by atoms with Crippen LogP contribution in [0.3, 0.4) is 0 Å². The molecule has 4 heteroatoms. The van der Waals surface area contributed by atoms with Gasteiger partial charge in [0.15, 0.2) is 0 Å². The van der Waals surface area contributed by atoms with E-state index in [1.807, 2.05) is 20.2 Å². The summed E-state index contributed by atoms with van der Waals surface area (Å²) in [7, 11) is 4.09. The van der Waals surface area contributed by atoms with Crippen LogP contribution in [0.15, 0.2) is 42.9 Å². The molecule has 19 heavy (non-hydrogen) atoms. The highest BCUT2D eigenvalue weighted by Crippen LogP contribution is 2.17. The largest absolute Gasteiger partial charge is 0.378 e. The standard InChI is InChI=1S/C15H20N4/c1-12(17-10-14-8-9-16-11-18-14)13-4-6-15(7-5-13)19(2)3/h4-9,11-12,17H,10H2,1-3H3. The second kappa shape index (κ2) is 6.29. The fourth-order valence-electron chi connectivity index (χ4n) is 1.86. The van der Waals surface area contributed by atoms with Crippen molar-refractivity contribution < 1.29 is 0 Å². The molecular formula is C15H20N4. The summed E-state index contributed by atoms with van der Waals surface area (Å²) >= 11 is 0. The second-order valence-electron chi connectivity index (χ2n) is 4.79. The molecule has 0 saturated heterocycles. The first-order valence-electron chi connectivity index (χ1n) is 6.42. The molecule has 1 aromatic heterocycles. The lowest BCUT2D eigenvalue weighted by atomic mass is 10.1. The van der Waals surface area contributed by atoms with Crippen LogP contribution in [0.1, 0.15) is 24.2 Å². The van der Waals surface area contributed by atoms with Gasteiger partial charge in [-0.25, -0.2) is 9.97 Å². The van der Waals surface area contributed by atoms with Gasteiger partial charge in [-0.1, -0.05) is 12.1 Å². The van der Waals surface area contributed by atoms with Gasteiger partial charge in [0.05, 0.1) is 5.69 Å². The van der Waals surface area contributed by atoms with Crippen LogP contribution >= 0.6 is 0 Å². The maximum atomic E-state index is 4.20. The zero-order valence-electron chi connectivity index (χ0n) is 11.7. The lowest BCUT2D eigenvalue weighted by Crippen LogP contribution is -2.19. The van der Waals surface area contributed by atoms with Crippen molar-refractivity contribution in [2.24, 2.45) is 0 Å². The van der Waals surface area contributed by atoms with Crippen LogP contribution in [0, 0.1) is 0 Å². The highest BCUT2D eigenvalue weighted by molar-refractivity contribution is 5.46. The van der Waals surface area contributed by atoms with E-state index < -0.39 is 0 Å². The molecule has 2 aromatic rings. The van der Waals surface area contributed by atoms with Crippen molar-refractivity contribution in [1.82, 2.24) is 15.3 Å². The Morgan fingerprint density at radius 2 is 1.89 bits per heavy atom. The average molecular weight is 256 g/mol. The Morgan fingerprint density at radius 3 is 2.47 bits per heavy atom.